The van der Waals surface area contributed by atoms with E-state index in [4.69, 9.17) is 0 Å². The van der Waals surface area contributed by atoms with Gasteiger partial charge in [0, 0.05) is 31.2 Å². The number of hydrogen-bond acceptors (Lipinski definition) is 3. The van der Waals surface area contributed by atoms with Gasteiger partial charge < -0.3 is 0 Å². The zero-order chi connectivity index (χ0) is 13.2. The summed E-state index contributed by atoms with van der Waals surface area (Å²) >= 11 is 0. The molecule has 0 atom stereocenters. The number of benzene rings is 1. The monoisotopic (exact) mass is 251 g/mol. The van der Waals surface area contributed by atoms with Gasteiger partial charge in [0.2, 0.25) is 0 Å². The average molecular weight is 251 g/mol. The maximum absolute atomic E-state index is 12.3. The Kier molecular flexibility index (Phi) is 2.83. The molecule has 3 rings (SSSR count). The Bertz CT molecular complexity index is 731. The molecule has 94 valence electrons. The van der Waals surface area contributed by atoms with Crippen molar-refractivity contribution >= 4 is 16.7 Å². The summed E-state index contributed by atoms with van der Waals surface area (Å²) in [5, 5.41) is 5.24. The van der Waals surface area contributed by atoms with E-state index in [1.807, 2.05) is 43.4 Å². The number of pyridine rings is 1. The molecule has 2 aromatic heterocycles. The van der Waals surface area contributed by atoms with Crippen molar-refractivity contribution in [2.24, 2.45) is 7.05 Å². The number of nitrogens with zero attached hydrogens (tertiary/aromatic N) is 3. The highest BCUT2D eigenvalue weighted by atomic mass is 16.1. The van der Waals surface area contributed by atoms with E-state index >= 15 is 0 Å². The van der Waals surface area contributed by atoms with E-state index in [1.165, 1.54) is 0 Å². The number of carbonyl (C=O) groups excluding carboxylic acids is 1. The van der Waals surface area contributed by atoms with Crippen LogP contribution in [0.2, 0.25) is 0 Å². The van der Waals surface area contributed by atoms with Gasteiger partial charge in [-0.3, -0.25) is 14.5 Å². The largest absolute Gasteiger partial charge is 0.292 e. The fourth-order valence-electron chi connectivity index (χ4n) is 2.19. The lowest BCUT2D eigenvalue weighted by Gasteiger charge is -1.98. The molecule has 0 unspecified atom stereocenters. The molecule has 2 heterocycles. The fraction of sp³-hybridized carbons (Fsp3) is 0.133. The van der Waals surface area contributed by atoms with Crippen LogP contribution in [0.4, 0.5) is 0 Å². The van der Waals surface area contributed by atoms with Crippen molar-refractivity contribution in [2.75, 3.05) is 0 Å². The zero-order valence-corrected chi connectivity index (χ0v) is 10.6. The topological polar surface area (TPSA) is 47.8 Å². The molecule has 0 fully saturated rings. The van der Waals surface area contributed by atoms with Gasteiger partial charge in [-0.05, 0) is 23.8 Å². The third-order valence-corrected chi connectivity index (χ3v) is 3.14. The van der Waals surface area contributed by atoms with Crippen LogP contribution in [0, 0.1) is 0 Å². The molecule has 19 heavy (non-hydrogen) atoms. The van der Waals surface area contributed by atoms with Crippen molar-refractivity contribution < 1.29 is 4.79 Å². The number of fused-ring (bicyclic) bond motifs is 1. The van der Waals surface area contributed by atoms with Crippen molar-refractivity contribution in [1.29, 1.82) is 0 Å². The third kappa shape index (κ3) is 2.12. The average Bonchev–Trinajstić information content (AvgIpc) is 2.78. The highest BCUT2D eigenvalue weighted by Gasteiger charge is 2.15. The van der Waals surface area contributed by atoms with Gasteiger partial charge in [-0.25, -0.2) is 0 Å². The summed E-state index contributed by atoms with van der Waals surface area (Å²) in [7, 11) is 1.85. The molecule has 0 saturated heterocycles. The highest BCUT2D eigenvalue weighted by molar-refractivity contribution is 6.06. The van der Waals surface area contributed by atoms with E-state index in [1.54, 1.807) is 17.1 Å². The lowest BCUT2D eigenvalue weighted by Crippen LogP contribution is -2.05. The van der Waals surface area contributed by atoms with Crippen molar-refractivity contribution in [1.82, 2.24) is 14.8 Å². The smallest absolute Gasteiger partial charge is 0.188 e. The van der Waals surface area contributed by atoms with Crippen LogP contribution >= 0.6 is 0 Å². The second-order valence-electron chi connectivity index (χ2n) is 4.44. The van der Waals surface area contributed by atoms with Gasteiger partial charge >= 0.3 is 0 Å². The van der Waals surface area contributed by atoms with Crippen LogP contribution in [0.1, 0.15) is 16.1 Å². The number of hydrogen-bond donors (Lipinski definition) is 0. The molecule has 0 aliphatic rings. The fourth-order valence-corrected chi connectivity index (χ4v) is 2.19. The number of rotatable bonds is 3. The summed E-state index contributed by atoms with van der Waals surface area (Å²) in [6.07, 6.45) is 3.74. The third-order valence-electron chi connectivity index (χ3n) is 3.14. The summed E-state index contributed by atoms with van der Waals surface area (Å²) < 4.78 is 1.75. The first-order chi connectivity index (χ1) is 9.25. The van der Waals surface area contributed by atoms with E-state index in [0.717, 1.165) is 16.5 Å². The second-order valence-corrected chi connectivity index (χ2v) is 4.44. The predicted octanol–water partition coefficient (Wildman–Crippen LogP) is 2.39. The maximum Gasteiger partial charge on any atom is 0.188 e. The van der Waals surface area contributed by atoms with Gasteiger partial charge in [0.15, 0.2) is 5.78 Å². The predicted molar refractivity (Wildman–Crippen MR) is 73.0 cm³/mol. The molecule has 0 spiro atoms. The molecular formula is C15H13N3O. The Morgan fingerprint density at radius 2 is 1.89 bits per heavy atom. The molecule has 0 N–H and O–H groups in total. The molecule has 0 aliphatic heterocycles. The minimum Gasteiger partial charge on any atom is -0.292 e. The Labute approximate surface area is 110 Å². The Hall–Kier alpha value is -2.49. The highest BCUT2D eigenvalue weighted by Crippen LogP contribution is 2.19. The zero-order valence-electron chi connectivity index (χ0n) is 10.6. The van der Waals surface area contributed by atoms with Crippen LogP contribution in [-0.2, 0) is 13.5 Å². The van der Waals surface area contributed by atoms with E-state index in [9.17, 15) is 4.79 Å². The maximum atomic E-state index is 12.3. The summed E-state index contributed by atoms with van der Waals surface area (Å²) in [5.74, 6) is 0.0306. The van der Waals surface area contributed by atoms with Crippen molar-refractivity contribution in [3.05, 3.63) is 60.0 Å². The number of carbonyl (C=O) groups is 1. The molecule has 0 aliphatic carbocycles. The first kappa shape index (κ1) is 11.6. The quantitative estimate of drug-likeness (QED) is 0.671. The van der Waals surface area contributed by atoms with Gasteiger partial charge in [0.25, 0.3) is 0 Å². The second kappa shape index (κ2) is 4.65. The molecule has 0 bridgehead atoms. The Balaban J connectivity index is 1.98. The van der Waals surface area contributed by atoms with Crippen molar-refractivity contribution in [3.8, 4) is 0 Å². The Morgan fingerprint density at radius 1 is 1.16 bits per heavy atom. The van der Waals surface area contributed by atoms with Gasteiger partial charge in [-0.2, -0.15) is 5.10 Å². The van der Waals surface area contributed by atoms with E-state index in [0.29, 0.717) is 12.1 Å². The molecule has 0 radical (unpaired) electrons. The van der Waals surface area contributed by atoms with Crippen LogP contribution in [0.5, 0.6) is 0 Å². The molecule has 4 nitrogen and oxygen atoms in total. The SMILES string of the molecule is Cn1nc(C(=O)Cc2ccncc2)c2ccccc21. The van der Waals surface area contributed by atoms with Crippen LogP contribution in [0.25, 0.3) is 10.9 Å². The number of aryl methyl sites for hydroxylation is 1. The van der Waals surface area contributed by atoms with E-state index < -0.39 is 0 Å². The lowest BCUT2D eigenvalue weighted by molar-refractivity contribution is 0.0989. The van der Waals surface area contributed by atoms with E-state index in [2.05, 4.69) is 10.1 Å². The summed E-state index contributed by atoms with van der Waals surface area (Å²) in [4.78, 5) is 16.3. The van der Waals surface area contributed by atoms with Crippen molar-refractivity contribution in [3.63, 3.8) is 0 Å². The van der Waals surface area contributed by atoms with Crippen LogP contribution in [0.3, 0.4) is 0 Å². The standard InChI is InChI=1S/C15H13N3O/c1-18-13-5-3-2-4-12(13)15(17-18)14(19)10-11-6-8-16-9-7-11/h2-9H,10H2,1H3. The van der Waals surface area contributed by atoms with Crippen LogP contribution in [0.15, 0.2) is 48.8 Å². The van der Waals surface area contributed by atoms with Crippen molar-refractivity contribution in [2.45, 2.75) is 6.42 Å². The van der Waals surface area contributed by atoms with Gasteiger partial charge in [0.1, 0.15) is 5.69 Å². The summed E-state index contributed by atoms with van der Waals surface area (Å²) in [6.45, 7) is 0. The molecule has 4 heteroatoms. The molecule has 1 aromatic carbocycles. The van der Waals surface area contributed by atoms with Gasteiger partial charge in [0.05, 0.1) is 5.52 Å². The number of ketones is 1. The Morgan fingerprint density at radius 3 is 2.68 bits per heavy atom. The lowest BCUT2D eigenvalue weighted by atomic mass is 10.1. The van der Waals surface area contributed by atoms with Gasteiger partial charge in [-0.15, -0.1) is 0 Å². The normalized spacial score (nSPS) is 10.8. The molecule has 0 amide bonds. The number of Topliss-reactive ketones (excluding diaryl/α,β-unsaturated/α-hetero) is 1. The first-order valence-electron chi connectivity index (χ1n) is 6.09. The number of aromatic nitrogens is 3. The molecule has 3 aromatic rings. The summed E-state index contributed by atoms with van der Waals surface area (Å²) in [5.41, 5.74) is 2.46. The minimum absolute atomic E-state index is 0.0306. The van der Waals surface area contributed by atoms with E-state index in [-0.39, 0.29) is 5.78 Å². The number of para-hydroxylation sites is 1. The van der Waals surface area contributed by atoms with Gasteiger partial charge in [-0.1, -0.05) is 18.2 Å². The molecule has 0 saturated carbocycles. The van der Waals surface area contributed by atoms with Crippen LogP contribution in [-0.4, -0.2) is 20.5 Å². The first-order valence-corrected chi connectivity index (χ1v) is 6.09. The minimum atomic E-state index is 0.0306. The van der Waals surface area contributed by atoms with Crippen LogP contribution < -0.4 is 0 Å². The summed E-state index contributed by atoms with van der Waals surface area (Å²) in [6, 6.07) is 11.5. The molecular weight excluding hydrogens is 238 g/mol.